The predicted octanol–water partition coefficient (Wildman–Crippen LogP) is 0.248. The molecular weight excluding hydrogens is 292 g/mol. The summed E-state index contributed by atoms with van der Waals surface area (Å²) in [6.45, 7) is 5.52. The van der Waals surface area contributed by atoms with Gasteiger partial charge in [-0.2, -0.15) is 0 Å². The Morgan fingerprint density at radius 1 is 0.826 bits per heavy atom. The van der Waals surface area contributed by atoms with Crippen molar-refractivity contribution in [2.45, 2.75) is 38.8 Å². The summed E-state index contributed by atoms with van der Waals surface area (Å²) in [7, 11) is 8.36. The van der Waals surface area contributed by atoms with Gasteiger partial charge in [-0.15, -0.1) is 0 Å². The highest BCUT2D eigenvalue weighted by molar-refractivity contribution is 4.86. The number of rotatable bonds is 14. The SMILES string of the molecule is CN(C)CCCC(C)(CCCN(C)C)C(N)N(CCO)CCO. The monoisotopic (exact) mass is 332 g/mol. The van der Waals surface area contributed by atoms with Gasteiger partial charge >= 0.3 is 0 Å². The fraction of sp³-hybridized carbons (Fsp3) is 1.00. The van der Waals surface area contributed by atoms with Crippen molar-refractivity contribution in [1.29, 1.82) is 0 Å². The summed E-state index contributed by atoms with van der Waals surface area (Å²) in [5, 5.41) is 18.6. The molecule has 0 fully saturated rings. The van der Waals surface area contributed by atoms with Crippen LogP contribution in [-0.4, -0.2) is 98.7 Å². The zero-order valence-electron chi connectivity index (χ0n) is 16.0. The molecule has 1 atom stereocenters. The molecule has 23 heavy (non-hydrogen) atoms. The van der Waals surface area contributed by atoms with Crippen molar-refractivity contribution in [2.75, 3.05) is 67.6 Å². The molecular formula is C17H40N4O2. The van der Waals surface area contributed by atoms with E-state index in [1.165, 1.54) is 0 Å². The number of aliphatic hydroxyl groups is 2. The Labute approximate surface area is 143 Å². The number of nitrogens with two attached hydrogens (primary N) is 1. The average Bonchev–Trinajstić information content (AvgIpc) is 2.45. The van der Waals surface area contributed by atoms with Gasteiger partial charge in [0.25, 0.3) is 0 Å². The minimum Gasteiger partial charge on any atom is -0.395 e. The molecule has 0 saturated heterocycles. The highest BCUT2D eigenvalue weighted by Crippen LogP contribution is 2.34. The van der Waals surface area contributed by atoms with E-state index in [1.54, 1.807) is 0 Å². The molecule has 0 amide bonds. The molecule has 0 spiro atoms. The third-order valence-electron chi connectivity index (χ3n) is 4.59. The molecule has 0 aliphatic heterocycles. The Hall–Kier alpha value is -0.240. The smallest absolute Gasteiger partial charge is 0.0628 e. The third-order valence-corrected chi connectivity index (χ3v) is 4.59. The van der Waals surface area contributed by atoms with E-state index in [0.29, 0.717) is 13.1 Å². The molecule has 0 saturated carbocycles. The second-order valence-electron chi connectivity index (χ2n) is 7.40. The normalized spacial score (nSPS) is 14.2. The van der Waals surface area contributed by atoms with Crippen molar-refractivity contribution < 1.29 is 10.2 Å². The lowest BCUT2D eigenvalue weighted by molar-refractivity contribution is 0.0343. The van der Waals surface area contributed by atoms with Crippen LogP contribution in [-0.2, 0) is 0 Å². The van der Waals surface area contributed by atoms with Crippen molar-refractivity contribution in [3.63, 3.8) is 0 Å². The van der Waals surface area contributed by atoms with Crippen molar-refractivity contribution in [3.8, 4) is 0 Å². The Morgan fingerprint density at radius 2 is 1.22 bits per heavy atom. The van der Waals surface area contributed by atoms with Crippen LogP contribution in [0.15, 0.2) is 0 Å². The largest absolute Gasteiger partial charge is 0.395 e. The molecule has 0 aliphatic rings. The molecule has 140 valence electrons. The predicted molar refractivity (Wildman–Crippen MR) is 97.4 cm³/mol. The summed E-state index contributed by atoms with van der Waals surface area (Å²) >= 11 is 0. The van der Waals surface area contributed by atoms with Crippen molar-refractivity contribution in [1.82, 2.24) is 14.7 Å². The fourth-order valence-electron chi connectivity index (χ4n) is 3.11. The summed E-state index contributed by atoms with van der Waals surface area (Å²) in [5.74, 6) is 0. The van der Waals surface area contributed by atoms with Crippen molar-refractivity contribution in [2.24, 2.45) is 11.1 Å². The van der Waals surface area contributed by atoms with E-state index in [1.807, 2.05) is 4.90 Å². The van der Waals surface area contributed by atoms with Gasteiger partial charge in [0.2, 0.25) is 0 Å². The van der Waals surface area contributed by atoms with Gasteiger partial charge in [-0.25, -0.2) is 0 Å². The first kappa shape index (κ1) is 22.8. The van der Waals surface area contributed by atoms with E-state index >= 15 is 0 Å². The first-order valence-corrected chi connectivity index (χ1v) is 8.77. The lowest BCUT2D eigenvalue weighted by Gasteiger charge is -2.42. The van der Waals surface area contributed by atoms with Crippen LogP contribution in [0.25, 0.3) is 0 Å². The molecule has 0 aromatic carbocycles. The zero-order valence-corrected chi connectivity index (χ0v) is 16.0. The van der Waals surface area contributed by atoms with Gasteiger partial charge in [-0.05, 0) is 72.4 Å². The van der Waals surface area contributed by atoms with Crippen LogP contribution < -0.4 is 5.73 Å². The van der Waals surface area contributed by atoms with E-state index in [-0.39, 0.29) is 24.8 Å². The minimum atomic E-state index is -0.147. The average molecular weight is 333 g/mol. The summed E-state index contributed by atoms with van der Waals surface area (Å²) in [4.78, 5) is 6.42. The molecule has 6 nitrogen and oxygen atoms in total. The zero-order chi connectivity index (χ0) is 17.9. The maximum Gasteiger partial charge on any atom is 0.0628 e. The maximum atomic E-state index is 9.28. The molecule has 0 heterocycles. The summed E-state index contributed by atoms with van der Waals surface area (Å²) in [6.07, 6.45) is 4.16. The molecule has 0 rings (SSSR count). The second-order valence-corrected chi connectivity index (χ2v) is 7.40. The number of aliphatic hydroxyl groups excluding tert-OH is 2. The van der Waals surface area contributed by atoms with E-state index in [0.717, 1.165) is 38.8 Å². The van der Waals surface area contributed by atoms with Gasteiger partial charge in [0.1, 0.15) is 0 Å². The van der Waals surface area contributed by atoms with Gasteiger partial charge in [0.15, 0.2) is 0 Å². The van der Waals surface area contributed by atoms with Gasteiger partial charge in [0.05, 0.1) is 19.4 Å². The van der Waals surface area contributed by atoms with E-state index in [4.69, 9.17) is 5.73 Å². The first-order valence-electron chi connectivity index (χ1n) is 8.77. The van der Waals surface area contributed by atoms with Crippen LogP contribution in [0.1, 0.15) is 32.6 Å². The Kier molecular flexibility index (Phi) is 12.0. The van der Waals surface area contributed by atoms with Crippen LogP contribution in [0.2, 0.25) is 0 Å². The van der Waals surface area contributed by atoms with Gasteiger partial charge in [-0.1, -0.05) is 6.92 Å². The molecule has 0 bridgehead atoms. The third kappa shape index (κ3) is 9.59. The summed E-state index contributed by atoms with van der Waals surface area (Å²) < 4.78 is 0. The second kappa shape index (κ2) is 12.2. The molecule has 0 radical (unpaired) electrons. The quantitative estimate of drug-likeness (QED) is 0.396. The van der Waals surface area contributed by atoms with E-state index in [2.05, 4.69) is 44.9 Å². The maximum absolute atomic E-state index is 9.28. The molecule has 0 aliphatic carbocycles. The van der Waals surface area contributed by atoms with E-state index < -0.39 is 0 Å². The molecule has 4 N–H and O–H groups in total. The Morgan fingerprint density at radius 3 is 1.52 bits per heavy atom. The Balaban J connectivity index is 4.88. The van der Waals surface area contributed by atoms with Gasteiger partial charge in [-0.3, -0.25) is 4.90 Å². The van der Waals surface area contributed by atoms with Gasteiger partial charge < -0.3 is 25.7 Å². The number of hydrogen-bond acceptors (Lipinski definition) is 6. The summed E-state index contributed by atoms with van der Waals surface area (Å²) in [5.41, 5.74) is 6.56. The highest BCUT2D eigenvalue weighted by Gasteiger charge is 2.34. The standard InChI is InChI=1S/C17H40N4O2/c1-17(8-6-10-19(2)3,9-7-11-20(4)5)16(18)21(12-14-22)13-15-23/h16,22-23H,6-15,18H2,1-5H3. The fourth-order valence-corrected chi connectivity index (χ4v) is 3.11. The topological polar surface area (TPSA) is 76.2 Å². The van der Waals surface area contributed by atoms with Crippen molar-refractivity contribution in [3.05, 3.63) is 0 Å². The highest BCUT2D eigenvalue weighted by atomic mass is 16.3. The lowest BCUT2D eigenvalue weighted by Crippen LogP contribution is -2.54. The number of nitrogens with zero attached hydrogens (tertiary/aromatic N) is 3. The molecule has 6 heteroatoms. The summed E-state index contributed by atoms with van der Waals surface area (Å²) in [6, 6.07) is 0. The van der Waals surface area contributed by atoms with Crippen LogP contribution in [0.4, 0.5) is 0 Å². The van der Waals surface area contributed by atoms with Crippen molar-refractivity contribution >= 4 is 0 Å². The first-order chi connectivity index (χ1) is 10.8. The van der Waals surface area contributed by atoms with E-state index in [9.17, 15) is 10.2 Å². The Bertz CT molecular complexity index is 268. The minimum absolute atomic E-state index is 0.0175. The molecule has 0 aromatic heterocycles. The molecule has 1 unspecified atom stereocenters. The van der Waals surface area contributed by atoms with Crippen LogP contribution in [0, 0.1) is 5.41 Å². The molecule has 0 aromatic rings. The van der Waals surface area contributed by atoms with Crippen LogP contribution in [0.5, 0.6) is 0 Å². The van der Waals surface area contributed by atoms with Crippen LogP contribution >= 0.6 is 0 Å². The number of hydrogen-bond donors (Lipinski definition) is 3. The van der Waals surface area contributed by atoms with Gasteiger partial charge in [0, 0.05) is 13.1 Å². The van der Waals surface area contributed by atoms with Crippen LogP contribution in [0.3, 0.4) is 0 Å². The lowest BCUT2D eigenvalue weighted by atomic mass is 9.77.